The molecule has 2 aromatic heterocycles. The molecule has 0 fully saturated rings. The number of aromatic nitrogens is 2. The number of thiophene rings is 1. The average molecular weight is 563 g/mol. The summed E-state index contributed by atoms with van der Waals surface area (Å²) in [6.45, 7) is 6.18. The SMILES string of the molecule is COc1cccc2c1c(NS(=O)(=O)c1ccc(Cl)s1)nn2Cc1ccc(CN(C(=O)O)C(C)(C)C)cc1. The number of nitrogens with one attached hydrogen (secondary N) is 1. The largest absolute Gasteiger partial charge is 0.496 e. The van der Waals surface area contributed by atoms with Crippen LogP contribution >= 0.6 is 22.9 Å². The molecule has 0 radical (unpaired) electrons. The Morgan fingerprint density at radius 3 is 2.38 bits per heavy atom. The smallest absolute Gasteiger partial charge is 0.408 e. The number of sulfonamides is 1. The number of benzene rings is 2. The lowest BCUT2D eigenvalue weighted by Crippen LogP contribution is -2.44. The van der Waals surface area contributed by atoms with Gasteiger partial charge in [-0.25, -0.2) is 13.2 Å². The molecule has 0 saturated heterocycles. The monoisotopic (exact) mass is 562 g/mol. The molecule has 9 nitrogen and oxygen atoms in total. The van der Waals surface area contributed by atoms with Crippen molar-refractivity contribution >= 4 is 55.8 Å². The highest BCUT2D eigenvalue weighted by atomic mass is 35.5. The second-order valence-corrected chi connectivity index (χ2v) is 13.0. The Hall–Kier alpha value is -3.28. The molecule has 0 aliphatic heterocycles. The van der Waals surface area contributed by atoms with E-state index in [4.69, 9.17) is 16.3 Å². The molecular weight excluding hydrogens is 536 g/mol. The molecule has 0 aliphatic rings. The molecule has 2 heterocycles. The van der Waals surface area contributed by atoms with Crippen molar-refractivity contribution < 1.29 is 23.1 Å². The molecule has 2 aromatic carbocycles. The number of hydrogen-bond donors (Lipinski definition) is 2. The summed E-state index contributed by atoms with van der Waals surface area (Å²) in [6, 6.07) is 15.9. The predicted molar refractivity (Wildman–Crippen MR) is 145 cm³/mol. The lowest BCUT2D eigenvalue weighted by Gasteiger charge is -2.33. The third-order valence-corrected chi connectivity index (χ3v) is 8.80. The first-order chi connectivity index (χ1) is 17.4. The minimum atomic E-state index is -3.90. The maximum Gasteiger partial charge on any atom is 0.408 e. The Balaban J connectivity index is 1.65. The van der Waals surface area contributed by atoms with Crippen molar-refractivity contribution in [1.82, 2.24) is 14.7 Å². The van der Waals surface area contributed by atoms with E-state index in [1.54, 1.807) is 10.7 Å². The van der Waals surface area contributed by atoms with Gasteiger partial charge in [0.2, 0.25) is 0 Å². The van der Waals surface area contributed by atoms with Gasteiger partial charge in [-0.15, -0.1) is 11.3 Å². The van der Waals surface area contributed by atoms with Gasteiger partial charge in [0.25, 0.3) is 10.0 Å². The summed E-state index contributed by atoms with van der Waals surface area (Å²) in [6.07, 6.45) is -0.978. The molecule has 12 heteroatoms. The van der Waals surface area contributed by atoms with Gasteiger partial charge >= 0.3 is 6.09 Å². The maximum absolute atomic E-state index is 13.0. The maximum atomic E-state index is 13.0. The highest BCUT2D eigenvalue weighted by Crippen LogP contribution is 2.35. The first kappa shape index (κ1) is 26.8. The van der Waals surface area contributed by atoms with E-state index < -0.39 is 21.7 Å². The van der Waals surface area contributed by atoms with Gasteiger partial charge in [0.15, 0.2) is 5.82 Å². The topological polar surface area (TPSA) is 114 Å². The third-order valence-electron chi connectivity index (χ3n) is 5.74. The molecule has 4 aromatic rings. The van der Waals surface area contributed by atoms with E-state index in [9.17, 15) is 18.3 Å². The van der Waals surface area contributed by atoms with E-state index in [1.165, 1.54) is 24.1 Å². The van der Waals surface area contributed by atoms with Crippen LogP contribution in [0, 0.1) is 0 Å². The van der Waals surface area contributed by atoms with Crippen molar-refractivity contribution in [3.63, 3.8) is 0 Å². The van der Waals surface area contributed by atoms with Gasteiger partial charge < -0.3 is 9.84 Å². The Morgan fingerprint density at radius 1 is 1.14 bits per heavy atom. The number of carbonyl (C=O) groups is 1. The third kappa shape index (κ3) is 5.84. The predicted octanol–water partition coefficient (Wildman–Crippen LogP) is 5.89. The van der Waals surface area contributed by atoms with Crippen molar-refractivity contribution in [1.29, 1.82) is 0 Å². The number of methoxy groups -OCH3 is 1. The van der Waals surface area contributed by atoms with Gasteiger partial charge in [-0.1, -0.05) is 41.9 Å². The number of fused-ring (bicyclic) bond motifs is 1. The summed E-state index contributed by atoms with van der Waals surface area (Å²) in [5, 5.41) is 14.7. The van der Waals surface area contributed by atoms with Crippen LogP contribution in [0.1, 0.15) is 31.9 Å². The van der Waals surface area contributed by atoms with Crippen molar-refractivity contribution in [2.75, 3.05) is 11.8 Å². The van der Waals surface area contributed by atoms with E-state index in [0.717, 1.165) is 22.5 Å². The van der Waals surface area contributed by atoms with E-state index in [1.807, 2.05) is 57.2 Å². The second kappa shape index (κ2) is 10.2. The van der Waals surface area contributed by atoms with E-state index in [-0.39, 0.29) is 16.6 Å². The van der Waals surface area contributed by atoms with Crippen LogP contribution in [0.5, 0.6) is 5.75 Å². The number of hydrogen-bond acceptors (Lipinski definition) is 6. The molecule has 0 aliphatic carbocycles. The standard InChI is InChI=1S/C25H27ClN4O5S2/c1-25(2,3)29(24(31)32)14-16-8-10-17(11-9-16)15-30-18-6-5-7-19(35-4)22(18)23(27-30)28-37(33,34)21-13-12-20(26)36-21/h5-13H,14-15H2,1-4H3,(H,27,28)(H,31,32). The van der Waals surface area contributed by atoms with Crippen LogP contribution in [0.15, 0.2) is 58.8 Å². The van der Waals surface area contributed by atoms with E-state index in [2.05, 4.69) is 9.82 Å². The highest BCUT2D eigenvalue weighted by molar-refractivity contribution is 7.94. The summed E-state index contributed by atoms with van der Waals surface area (Å²) < 4.78 is 36.2. The van der Waals surface area contributed by atoms with Gasteiger partial charge in [-0.2, -0.15) is 5.10 Å². The molecule has 196 valence electrons. The average Bonchev–Trinajstić information content (AvgIpc) is 3.41. The molecule has 1 amide bonds. The Morgan fingerprint density at radius 2 is 1.81 bits per heavy atom. The highest BCUT2D eigenvalue weighted by Gasteiger charge is 2.26. The van der Waals surface area contributed by atoms with Crippen LogP contribution < -0.4 is 9.46 Å². The summed E-state index contributed by atoms with van der Waals surface area (Å²) in [4.78, 5) is 13.1. The van der Waals surface area contributed by atoms with Crippen molar-refractivity contribution in [3.05, 3.63) is 70.1 Å². The number of nitrogens with zero attached hydrogens (tertiary/aromatic N) is 3. The minimum absolute atomic E-state index is 0.0800. The molecular formula is C25H27ClN4O5S2. The van der Waals surface area contributed by atoms with Crippen molar-refractivity contribution in [2.45, 2.75) is 43.6 Å². The van der Waals surface area contributed by atoms with Gasteiger partial charge in [0.05, 0.1) is 28.9 Å². The van der Waals surface area contributed by atoms with Gasteiger partial charge in [-0.3, -0.25) is 14.3 Å². The van der Waals surface area contributed by atoms with Gasteiger partial charge in [-0.05, 0) is 56.2 Å². The van der Waals surface area contributed by atoms with Crippen LogP contribution in [0.2, 0.25) is 4.34 Å². The number of rotatable bonds is 8. The number of amides is 1. The molecule has 0 bridgehead atoms. The Bertz CT molecular complexity index is 1540. The fraction of sp³-hybridized carbons (Fsp3) is 0.280. The fourth-order valence-corrected chi connectivity index (χ4v) is 6.37. The number of halogens is 1. The fourth-order valence-electron chi connectivity index (χ4n) is 3.88. The number of ether oxygens (including phenoxy) is 1. The zero-order valence-electron chi connectivity index (χ0n) is 20.7. The first-order valence-electron chi connectivity index (χ1n) is 11.3. The van der Waals surface area contributed by atoms with Gasteiger partial charge in [0.1, 0.15) is 9.96 Å². The van der Waals surface area contributed by atoms with E-state index in [0.29, 0.717) is 27.5 Å². The first-order valence-corrected chi connectivity index (χ1v) is 14.0. The summed E-state index contributed by atoms with van der Waals surface area (Å²) in [5.74, 6) is 0.632. The molecule has 0 atom stereocenters. The zero-order valence-corrected chi connectivity index (χ0v) is 23.1. The van der Waals surface area contributed by atoms with Crippen LogP contribution in [0.25, 0.3) is 10.9 Å². The van der Waals surface area contributed by atoms with Crippen molar-refractivity contribution in [3.8, 4) is 5.75 Å². The minimum Gasteiger partial charge on any atom is -0.496 e. The van der Waals surface area contributed by atoms with Crippen LogP contribution in [0.4, 0.5) is 10.6 Å². The van der Waals surface area contributed by atoms with Gasteiger partial charge in [0, 0.05) is 12.1 Å². The molecule has 2 N–H and O–H groups in total. The number of carboxylic acid groups (broad SMARTS) is 1. The second-order valence-electron chi connectivity index (χ2n) is 9.38. The lowest BCUT2D eigenvalue weighted by atomic mass is 10.0. The quantitative estimate of drug-likeness (QED) is 0.277. The zero-order chi connectivity index (χ0) is 27.0. The Labute approximate surface area is 224 Å². The summed E-state index contributed by atoms with van der Waals surface area (Å²) in [7, 11) is -2.39. The number of anilines is 1. The van der Waals surface area contributed by atoms with Crippen LogP contribution in [0.3, 0.4) is 0 Å². The Kier molecular flexibility index (Phi) is 7.40. The summed E-state index contributed by atoms with van der Waals surface area (Å²) >= 11 is 6.89. The molecule has 0 spiro atoms. The molecule has 37 heavy (non-hydrogen) atoms. The summed E-state index contributed by atoms with van der Waals surface area (Å²) in [5.41, 5.74) is 1.93. The van der Waals surface area contributed by atoms with Crippen LogP contribution in [-0.2, 0) is 23.1 Å². The normalized spacial score (nSPS) is 12.0. The molecule has 0 unspecified atom stereocenters. The molecule has 0 saturated carbocycles. The molecule has 4 rings (SSSR count). The van der Waals surface area contributed by atoms with E-state index >= 15 is 0 Å². The van der Waals surface area contributed by atoms with Crippen molar-refractivity contribution in [2.24, 2.45) is 0 Å². The van der Waals surface area contributed by atoms with Crippen LogP contribution in [-0.4, -0.2) is 46.9 Å². The lowest BCUT2D eigenvalue weighted by molar-refractivity contribution is 0.0955.